The van der Waals surface area contributed by atoms with Crippen LogP contribution < -0.4 is 5.32 Å². The van der Waals surface area contributed by atoms with Crippen LogP contribution in [0.4, 0.5) is 0 Å². The van der Waals surface area contributed by atoms with Crippen LogP contribution in [0.25, 0.3) is 0 Å². The molecule has 2 aliphatic rings. The normalized spacial score (nSPS) is 37.5. The summed E-state index contributed by atoms with van der Waals surface area (Å²) in [5.74, 6) is 1.12. The van der Waals surface area contributed by atoms with Gasteiger partial charge in [-0.15, -0.1) is 0 Å². The van der Waals surface area contributed by atoms with Gasteiger partial charge in [-0.25, -0.2) is 0 Å². The van der Waals surface area contributed by atoms with Gasteiger partial charge in [0.15, 0.2) is 0 Å². The molecule has 1 aliphatic heterocycles. The number of rotatable bonds is 4. The summed E-state index contributed by atoms with van der Waals surface area (Å²) in [6.45, 7) is 4.62. The second-order valence-electron chi connectivity index (χ2n) is 5.47. The maximum absolute atomic E-state index is 10.0. The number of aliphatic hydroxyl groups is 1. The van der Waals surface area contributed by atoms with E-state index in [2.05, 4.69) is 12.2 Å². The monoisotopic (exact) mass is 227 g/mol. The van der Waals surface area contributed by atoms with E-state index in [9.17, 15) is 5.11 Å². The Morgan fingerprint density at radius 2 is 2.12 bits per heavy atom. The summed E-state index contributed by atoms with van der Waals surface area (Å²) in [6.07, 6.45) is 6.11. The highest BCUT2D eigenvalue weighted by atomic mass is 16.5. The van der Waals surface area contributed by atoms with E-state index < -0.39 is 0 Å². The molecular formula is C13H25NO2. The van der Waals surface area contributed by atoms with Crippen molar-refractivity contribution in [3.63, 3.8) is 0 Å². The molecule has 2 N–H and O–H groups in total. The Labute approximate surface area is 98.6 Å². The average Bonchev–Trinajstić information content (AvgIpc) is 2.81. The Morgan fingerprint density at radius 3 is 2.81 bits per heavy atom. The van der Waals surface area contributed by atoms with E-state index in [1.165, 1.54) is 25.7 Å². The maximum Gasteiger partial charge on any atom is 0.0715 e. The molecule has 0 amide bonds. The average molecular weight is 227 g/mol. The van der Waals surface area contributed by atoms with Crippen molar-refractivity contribution in [2.24, 2.45) is 11.8 Å². The molecule has 94 valence electrons. The maximum atomic E-state index is 10.0. The van der Waals surface area contributed by atoms with Gasteiger partial charge in [0, 0.05) is 25.1 Å². The Kier molecular flexibility index (Phi) is 4.62. The first-order valence-corrected chi connectivity index (χ1v) is 6.76. The molecule has 0 aromatic heterocycles. The Morgan fingerprint density at radius 1 is 1.31 bits per heavy atom. The van der Waals surface area contributed by atoms with Gasteiger partial charge >= 0.3 is 0 Å². The van der Waals surface area contributed by atoms with Crippen molar-refractivity contribution >= 4 is 0 Å². The summed E-state index contributed by atoms with van der Waals surface area (Å²) in [6, 6.07) is 0.616. The highest BCUT2D eigenvalue weighted by molar-refractivity contribution is 4.81. The fraction of sp³-hybridized carbons (Fsp3) is 1.00. The number of hydrogen-bond donors (Lipinski definition) is 2. The van der Waals surface area contributed by atoms with Gasteiger partial charge in [-0.3, -0.25) is 0 Å². The SMILES string of the molecule is CC1CCCCC1NCC(O)C1CCOC1. The lowest BCUT2D eigenvalue weighted by atomic mass is 9.85. The van der Waals surface area contributed by atoms with E-state index in [0.717, 1.165) is 32.1 Å². The molecular weight excluding hydrogens is 202 g/mol. The number of ether oxygens (including phenoxy) is 1. The second kappa shape index (κ2) is 5.99. The van der Waals surface area contributed by atoms with E-state index in [1.807, 2.05) is 0 Å². The van der Waals surface area contributed by atoms with Crippen molar-refractivity contribution in [2.45, 2.75) is 51.2 Å². The van der Waals surface area contributed by atoms with E-state index in [4.69, 9.17) is 4.74 Å². The molecule has 0 bridgehead atoms. The number of nitrogens with one attached hydrogen (secondary N) is 1. The van der Waals surface area contributed by atoms with E-state index >= 15 is 0 Å². The van der Waals surface area contributed by atoms with Gasteiger partial charge in [0.05, 0.1) is 12.7 Å². The molecule has 1 aliphatic carbocycles. The minimum absolute atomic E-state index is 0.225. The smallest absolute Gasteiger partial charge is 0.0715 e. The van der Waals surface area contributed by atoms with Gasteiger partial charge in [-0.1, -0.05) is 19.8 Å². The van der Waals surface area contributed by atoms with Gasteiger partial charge in [-0.05, 0) is 25.2 Å². The summed E-state index contributed by atoms with van der Waals surface area (Å²) in [7, 11) is 0. The lowest BCUT2D eigenvalue weighted by Crippen LogP contribution is -2.43. The van der Waals surface area contributed by atoms with E-state index in [1.54, 1.807) is 0 Å². The highest BCUT2D eigenvalue weighted by Gasteiger charge is 2.26. The van der Waals surface area contributed by atoms with Gasteiger partial charge in [0.2, 0.25) is 0 Å². The predicted octanol–water partition coefficient (Wildman–Crippen LogP) is 1.55. The summed E-state index contributed by atoms with van der Waals surface area (Å²) >= 11 is 0. The molecule has 1 saturated carbocycles. The number of aliphatic hydroxyl groups excluding tert-OH is 1. The topological polar surface area (TPSA) is 41.5 Å². The molecule has 2 rings (SSSR count). The molecule has 3 heteroatoms. The van der Waals surface area contributed by atoms with Crippen LogP contribution >= 0.6 is 0 Å². The fourth-order valence-electron chi connectivity index (χ4n) is 2.91. The van der Waals surface area contributed by atoms with Crippen LogP contribution in [0.15, 0.2) is 0 Å². The molecule has 4 unspecified atom stereocenters. The minimum atomic E-state index is -0.225. The molecule has 4 atom stereocenters. The van der Waals surface area contributed by atoms with Crippen LogP contribution in [-0.4, -0.2) is 37.0 Å². The van der Waals surface area contributed by atoms with Crippen molar-refractivity contribution in [3.8, 4) is 0 Å². The first kappa shape index (κ1) is 12.3. The third-order valence-electron chi connectivity index (χ3n) is 4.21. The lowest BCUT2D eigenvalue weighted by Gasteiger charge is -2.31. The van der Waals surface area contributed by atoms with Crippen LogP contribution in [-0.2, 0) is 4.74 Å². The van der Waals surface area contributed by atoms with Crippen molar-refractivity contribution in [3.05, 3.63) is 0 Å². The summed E-state index contributed by atoms with van der Waals surface area (Å²) in [5.41, 5.74) is 0. The van der Waals surface area contributed by atoms with Gasteiger partial charge in [0.25, 0.3) is 0 Å². The lowest BCUT2D eigenvalue weighted by molar-refractivity contribution is 0.0843. The van der Waals surface area contributed by atoms with Gasteiger partial charge < -0.3 is 15.2 Å². The summed E-state index contributed by atoms with van der Waals surface area (Å²) in [4.78, 5) is 0. The van der Waals surface area contributed by atoms with Crippen LogP contribution in [0, 0.1) is 11.8 Å². The van der Waals surface area contributed by atoms with E-state index in [-0.39, 0.29) is 6.10 Å². The zero-order valence-electron chi connectivity index (χ0n) is 10.3. The molecule has 16 heavy (non-hydrogen) atoms. The Balaban J connectivity index is 1.69. The van der Waals surface area contributed by atoms with Crippen LogP contribution in [0.2, 0.25) is 0 Å². The van der Waals surface area contributed by atoms with Crippen molar-refractivity contribution in [2.75, 3.05) is 19.8 Å². The third-order valence-corrected chi connectivity index (χ3v) is 4.21. The number of hydrogen-bond acceptors (Lipinski definition) is 3. The molecule has 1 saturated heterocycles. The molecule has 1 heterocycles. The van der Waals surface area contributed by atoms with Crippen LogP contribution in [0.3, 0.4) is 0 Å². The molecule has 0 spiro atoms. The van der Waals surface area contributed by atoms with Crippen LogP contribution in [0.5, 0.6) is 0 Å². The van der Waals surface area contributed by atoms with Crippen molar-refractivity contribution in [1.82, 2.24) is 5.32 Å². The van der Waals surface area contributed by atoms with Crippen molar-refractivity contribution in [1.29, 1.82) is 0 Å². The molecule has 0 radical (unpaired) electrons. The minimum Gasteiger partial charge on any atom is -0.391 e. The van der Waals surface area contributed by atoms with E-state index in [0.29, 0.717) is 12.0 Å². The molecule has 0 aromatic rings. The highest BCUT2D eigenvalue weighted by Crippen LogP contribution is 2.24. The van der Waals surface area contributed by atoms with Gasteiger partial charge in [0.1, 0.15) is 0 Å². The fourth-order valence-corrected chi connectivity index (χ4v) is 2.91. The molecule has 0 aromatic carbocycles. The standard InChI is InChI=1S/C13H25NO2/c1-10-4-2-3-5-12(10)14-8-13(15)11-6-7-16-9-11/h10-15H,2-9H2,1H3. The Bertz CT molecular complexity index is 204. The molecule has 3 nitrogen and oxygen atoms in total. The Hall–Kier alpha value is -0.120. The first-order valence-electron chi connectivity index (χ1n) is 6.76. The summed E-state index contributed by atoms with van der Waals surface area (Å²) in [5, 5.41) is 13.6. The summed E-state index contributed by atoms with van der Waals surface area (Å²) < 4.78 is 5.30. The first-order chi connectivity index (χ1) is 7.77. The van der Waals surface area contributed by atoms with Gasteiger partial charge in [-0.2, -0.15) is 0 Å². The third kappa shape index (κ3) is 3.19. The zero-order chi connectivity index (χ0) is 11.4. The zero-order valence-corrected chi connectivity index (χ0v) is 10.3. The largest absolute Gasteiger partial charge is 0.391 e. The van der Waals surface area contributed by atoms with Crippen molar-refractivity contribution < 1.29 is 9.84 Å². The second-order valence-corrected chi connectivity index (χ2v) is 5.47. The quantitative estimate of drug-likeness (QED) is 0.765. The van der Waals surface area contributed by atoms with Crippen LogP contribution in [0.1, 0.15) is 39.0 Å². The predicted molar refractivity (Wildman–Crippen MR) is 64.4 cm³/mol. The molecule has 2 fully saturated rings.